The quantitative estimate of drug-likeness (QED) is 0.519. The van der Waals surface area contributed by atoms with E-state index in [2.05, 4.69) is 10.9 Å². The predicted octanol–water partition coefficient (Wildman–Crippen LogP) is 0.386. The van der Waals surface area contributed by atoms with Crippen LogP contribution in [-0.4, -0.2) is 12.3 Å². The summed E-state index contributed by atoms with van der Waals surface area (Å²) in [4.78, 5) is 21.1. The number of benzene rings is 1. The molecule has 0 aliphatic rings. The molecule has 1 aromatic rings. The Morgan fingerprint density at radius 2 is 2.23 bits per heavy atom. The fraction of sp³-hybridized carbons (Fsp3) is 0.111. The summed E-state index contributed by atoms with van der Waals surface area (Å²) >= 11 is 0. The predicted molar refractivity (Wildman–Crippen MR) is 47.8 cm³/mol. The van der Waals surface area contributed by atoms with Crippen molar-refractivity contribution in [3.63, 3.8) is 0 Å². The molecule has 1 rings (SSSR count). The van der Waals surface area contributed by atoms with Crippen LogP contribution < -0.4 is 10.9 Å². The van der Waals surface area contributed by atoms with Gasteiger partial charge in [-0.2, -0.15) is 0 Å². The molecule has 0 fully saturated rings. The molecule has 2 amide bonds. The van der Waals surface area contributed by atoms with Crippen molar-refractivity contribution in [2.24, 2.45) is 0 Å². The Morgan fingerprint density at radius 3 is 2.85 bits per heavy atom. The summed E-state index contributed by atoms with van der Waals surface area (Å²) in [5, 5.41) is 0. The Labute approximate surface area is 75.9 Å². The van der Waals surface area contributed by atoms with Crippen LogP contribution in [0.5, 0.6) is 0 Å². The molecule has 13 heavy (non-hydrogen) atoms. The molecule has 0 saturated carbocycles. The van der Waals surface area contributed by atoms with E-state index < -0.39 is 0 Å². The molecule has 2 N–H and O–H groups in total. The van der Waals surface area contributed by atoms with Crippen LogP contribution in [-0.2, 0) is 4.79 Å². The molecule has 0 aliphatic heterocycles. The smallest absolute Gasteiger partial charge is 0.269 e. The zero-order valence-corrected chi connectivity index (χ0v) is 7.20. The van der Waals surface area contributed by atoms with Gasteiger partial charge in [-0.3, -0.25) is 20.4 Å². The average Bonchev–Trinajstić information content (AvgIpc) is 2.14. The van der Waals surface area contributed by atoms with Crippen molar-refractivity contribution < 1.29 is 9.59 Å². The van der Waals surface area contributed by atoms with E-state index >= 15 is 0 Å². The van der Waals surface area contributed by atoms with Crippen molar-refractivity contribution in [1.82, 2.24) is 10.9 Å². The molecule has 0 heterocycles. The van der Waals surface area contributed by atoms with E-state index in [1.54, 1.807) is 18.2 Å². The Balaban J connectivity index is 2.71. The normalized spacial score (nSPS) is 9.00. The Hall–Kier alpha value is -1.84. The lowest BCUT2D eigenvalue weighted by atomic mass is 10.1. The molecule has 0 spiro atoms. The van der Waals surface area contributed by atoms with Gasteiger partial charge in [0.25, 0.3) is 5.91 Å². The average molecular weight is 178 g/mol. The van der Waals surface area contributed by atoms with Crippen molar-refractivity contribution in [3.05, 3.63) is 35.4 Å². The monoisotopic (exact) mass is 178 g/mol. The lowest BCUT2D eigenvalue weighted by molar-refractivity contribution is -0.110. The summed E-state index contributed by atoms with van der Waals surface area (Å²) < 4.78 is 0. The molecule has 0 unspecified atom stereocenters. The topological polar surface area (TPSA) is 58.2 Å². The molecular weight excluding hydrogens is 168 g/mol. The number of rotatable bonds is 3. The van der Waals surface area contributed by atoms with Gasteiger partial charge in [-0.05, 0) is 19.1 Å². The SMILES string of the molecule is Cc1cccc(C(=O)NNC=O)c1. The van der Waals surface area contributed by atoms with Crippen molar-refractivity contribution >= 4 is 12.3 Å². The standard InChI is InChI=1S/C9H10N2O2/c1-7-3-2-4-8(5-7)9(13)11-10-6-12/h2-6H,1H3,(H,10,12)(H,11,13). The Morgan fingerprint density at radius 1 is 1.46 bits per heavy atom. The zero-order chi connectivity index (χ0) is 9.68. The van der Waals surface area contributed by atoms with E-state index in [4.69, 9.17) is 0 Å². The molecule has 4 nitrogen and oxygen atoms in total. The minimum Gasteiger partial charge on any atom is -0.277 e. The number of hydrogen-bond acceptors (Lipinski definition) is 2. The first-order chi connectivity index (χ1) is 6.24. The molecule has 0 bridgehead atoms. The van der Waals surface area contributed by atoms with Gasteiger partial charge in [0.2, 0.25) is 6.41 Å². The fourth-order valence-corrected chi connectivity index (χ4v) is 0.953. The highest BCUT2D eigenvalue weighted by atomic mass is 16.2. The van der Waals surface area contributed by atoms with Crippen LogP contribution >= 0.6 is 0 Å². The second-order valence-electron chi connectivity index (χ2n) is 2.59. The van der Waals surface area contributed by atoms with Crippen molar-refractivity contribution in [2.75, 3.05) is 0 Å². The third-order valence-electron chi connectivity index (χ3n) is 1.52. The maximum absolute atomic E-state index is 11.2. The molecule has 1 aromatic carbocycles. The molecule has 0 radical (unpaired) electrons. The van der Waals surface area contributed by atoms with Crippen LogP contribution in [0, 0.1) is 6.92 Å². The minimum atomic E-state index is -0.323. The molecule has 0 aromatic heterocycles. The fourth-order valence-electron chi connectivity index (χ4n) is 0.953. The first-order valence-electron chi connectivity index (χ1n) is 3.80. The highest BCUT2D eigenvalue weighted by Crippen LogP contribution is 2.02. The van der Waals surface area contributed by atoms with Crippen LogP contribution in [0.3, 0.4) is 0 Å². The van der Waals surface area contributed by atoms with Gasteiger partial charge in [-0.1, -0.05) is 17.7 Å². The number of carbonyl (C=O) groups excluding carboxylic acids is 2. The number of nitrogens with one attached hydrogen (secondary N) is 2. The minimum absolute atomic E-state index is 0.323. The van der Waals surface area contributed by atoms with Crippen LogP contribution in [0.1, 0.15) is 15.9 Å². The molecule has 0 atom stereocenters. The summed E-state index contributed by atoms with van der Waals surface area (Å²) in [5.41, 5.74) is 5.83. The number of aryl methyl sites for hydroxylation is 1. The van der Waals surface area contributed by atoms with Gasteiger partial charge < -0.3 is 0 Å². The van der Waals surface area contributed by atoms with Gasteiger partial charge in [-0.15, -0.1) is 0 Å². The van der Waals surface area contributed by atoms with E-state index in [9.17, 15) is 9.59 Å². The van der Waals surface area contributed by atoms with Gasteiger partial charge in [-0.25, -0.2) is 0 Å². The third-order valence-corrected chi connectivity index (χ3v) is 1.52. The maximum atomic E-state index is 11.2. The second-order valence-corrected chi connectivity index (χ2v) is 2.59. The molecule has 0 saturated heterocycles. The van der Waals surface area contributed by atoms with Crippen molar-refractivity contribution in [1.29, 1.82) is 0 Å². The number of carbonyl (C=O) groups is 2. The maximum Gasteiger partial charge on any atom is 0.269 e. The van der Waals surface area contributed by atoms with E-state index in [1.807, 2.05) is 13.0 Å². The van der Waals surface area contributed by atoms with E-state index in [0.717, 1.165) is 5.56 Å². The summed E-state index contributed by atoms with van der Waals surface area (Å²) in [6, 6.07) is 7.09. The van der Waals surface area contributed by atoms with Crippen LogP contribution in [0.15, 0.2) is 24.3 Å². The summed E-state index contributed by atoms with van der Waals surface area (Å²) in [7, 11) is 0. The van der Waals surface area contributed by atoms with Gasteiger partial charge in [0, 0.05) is 5.56 Å². The highest BCUT2D eigenvalue weighted by Gasteiger charge is 2.02. The van der Waals surface area contributed by atoms with Crippen LogP contribution in [0.2, 0.25) is 0 Å². The first-order valence-corrected chi connectivity index (χ1v) is 3.80. The van der Waals surface area contributed by atoms with Gasteiger partial charge in [0.05, 0.1) is 0 Å². The summed E-state index contributed by atoms with van der Waals surface area (Å²) in [6.45, 7) is 1.89. The Kier molecular flexibility index (Phi) is 3.03. The molecular formula is C9H10N2O2. The number of amides is 2. The highest BCUT2D eigenvalue weighted by molar-refractivity contribution is 5.94. The molecule has 0 aliphatic carbocycles. The lowest BCUT2D eigenvalue weighted by Crippen LogP contribution is -2.36. The van der Waals surface area contributed by atoms with Gasteiger partial charge in [0.15, 0.2) is 0 Å². The molecule has 68 valence electrons. The summed E-state index contributed by atoms with van der Waals surface area (Å²) in [5.74, 6) is -0.323. The first kappa shape index (κ1) is 9.25. The lowest BCUT2D eigenvalue weighted by Gasteiger charge is -2.02. The third kappa shape index (κ3) is 2.59. The van der Waals surface area contributed by atoms with E-state index in [1.165, 1.54) is 0 Å². The summed E-state index contributed by atoms with van der Waals surface area (Å²) in [6.07, 6.45) is 0.410. The van der Waals surface area contributed by atoms with E-state index in [-0.39, 0.29) is 5.91 Å². The van der Waals surface area contributed by atoms with Crippen LogP contribution in [0.4, 0.5) is 0 Å². The van der Waals surface area contributed by atoms with Crippen molar-refractivity contribution in [3.8, 4) is 0 Å². The second kappa shape index (κ2) is 4.25. The number of hydrazine groups is 1. The Bertz CT molecular complexity index is 323. The van der Waals surface area contributed by atoms with E-state index in [0.29, 0.717) is 12.0 Å². The van der Waals surface area contributed by atoms with Gasteiger partial charge >= 0.3 is 0 Å². The largest absolute Gasteiger partial charge is 0.277 e. The molecule has 4 heteroatoms. The number of hydrogen-bond donors (Lipinski definition) is 2. The van der Waals surface area contributed by atoms with Crippen molar-refractivity contribution in [2.45, 2.75) is 6.92 Å². The zero-order valence-electron chi connectivity index (χ0n) is 7.20. The van der Waals surface area contributed by atoms with Gasteiger partial charge in [0.1, 0.15) is 0 Å². The van der Waals surface area contributed by atoms with Crippen LogP contribution in [0.25, 0.3) is 0 Å².